The van der Waals surface area contributed by atoms with Gasteiger partial charge in [-0.1, -0.05) is 0 Å². The molecular weight excluding hydrogens is 336 g/mol. The minimum Gasteiger partial charge on any atom is -0.612 e. The van der Waals surface area contributed by atoms with E-state index in [2.05, 4.69) is 9.97 Å². The number of benzene rings is 1. The van der Waals surface area contributed by atoms with Gasteiger partial charge in [-0.05, 0) is 23.3 Å². The van der Waals surface area contributed by atoms with Crippen LogP contribution in [-0.2, 0) is 11.2 Å². The van der Waals surface area contributed by atoms with Gasteiger partial charge in [0.1, 0.15) is 29.7 Å². The van der Waals surface area contributed by atoms with E-state index in [1.165, 1.54) is 18.5 Å². The molecule has 2 aromatic heterocycles. The van der Waals surface area contributed by atoms with Gasteiger partial charge in [-0.25, -0.2) is 13.8 Å². The van der Waals surface area contributed by atoms with Crippen LogP contribution in [0.2, 0.25) is 0 Å². The first-order valence-corrected chi connectivity index (χ1v) is 8.22. The number of halogens is 2. The number of rotatable bonds is 2. The van der Waals surface area contributed by atoms with Crippen molar-refractivity contribution >= 4 is 22.1 Å². The molecule has 3 aromatic rings. The number of hydrogen-bond acceptors (Lipinski definition) is 4. The zero-order chi connectivity index (χ0) is 17.4. The second-order valence-corrected chi connectivity index (χ2v) is 6.34. The quantitative estimate of drug-likeness (QED) is 0.722. The fraction of sp³-hybridized carbons (Fsp3) is 0.0625. The molecule has 0 spiro atoms. The summed E-state index contributed by atoms with van der Waals surface area (Å²) in [6, 6.07) is 5.96. The number of nitrogens with one attached hydrogen (secondary N) is 1. The van der Waals surface area contributed by atoms with Gasteiger partial charge in [-0.2, -0.15) is 5.26 Å². The molecule has 0 aliphatic carbocycles. The van der Waals surface area contributed by atoms with Crippen molar-refractivity contribution in [1.29, 1.82) is 5.26 Å². The van der Waals surface area contributed by atoms with Gasteiger partial charge < -0.3 is 9.54 Å². The first kappa shape index (κ1) is 16.1. The molecule has 3 rings (SSSR count). The summed E-state index contributed by atoms with van der Waals surface area (Å²) in [5.74, 6) is -1.80. The Labute approximate surface area is 137 Å². The fourth-order valence-electron chi connectivity index (χ4n) is 2.40. The van der Waals surface area contributed by atoms with E-state index >= 15 is 0 Å². The lowest BCUT2D eigenvalue weighted by molar-refractivity contribution is 0.591. The SMILES string of the molecule is C[S+]([O-])c1cnc(C#N)cc1-c1cc(=O)c2c(F)cc(F)cc2[nH]1. The van der Waals surface area contributed by atoms with E-state index in [0.29, 0.717) is 16.5 Å². The van der Waals surface area contributed by atoms with Crippen molar-refractivity contribution in [2.24, 2.45) is 0 Å². The first-order valence-electron chi connectivity index (χ1n) is 6.66. The Kier molecular flexibility index (Phi) is 4.05. The lowest BCUT2D eigenvalue weighted by Gasteiger charge is -2.11. The molecule has 5 nitrogen and oxygen atoms in total. The number of nitrogens with zero attached hydrogens (tertiary/aromatic N) is 2. The van der Waals surface area contributed by atoms with Crippen LogP contribution in [-0.4, -0.2) is 20.8 Å². The van der Waals surface area contributed by atoms with Crippen molar-refractivity contribution in [2.75, 3.05) is 6.26 Å². The van der Waals surface area contributed by atoms with Crippen LogP contribution in [0.4, 0.5) is 8.78 Å². The maximum Gasteiger partial charge on any atom is 0.192 e. The Morgan fingerprint density at radius 1 is 1.29 bits per heavy atom. The number of aromatic nitrogens is 2. The van der Waals surface area contributed by atoms with E-state index in [-0.39, 0.29) is 22.3 Å². The minimum atomic E-state index is -1.44. The summed E-state index contributed by atoms with van der Waals surface area (Å²) in [6.45, 7) is 0. The molecule has 0 amide bonds. The van der Waals surface area contributed by atoms with E-state index in [0.717, 1.165) is 12.1 Å². The number of pyridine rings is 2. The summed E-state index contributed by atoms with van der Waals surface area (Å²) in [5, 5.41) is 8.71. The summed E-state index contributed by atoms with van der Waals surface area (Å²) in [5.41, 5.74) is -0.115. The molecule has 0 aliphatic rings. The fourth-order valence-corrected chi connectivity index (χ4v) is 3.08. The molecular formula is C16H9F2N3O2S. The molecule has 0 bridgehead atoms. The molecule has 1 unspecified atom stereocenters. The Bertz CT molecular complexity index is 1060. The highest BCUT2D eigenvalue weighted by Gasteiger charge is 2.18. The molecule has 120 valence electrons. The van der Waals surface area contributed by atoms with Gasteiger partial charge in [0.25, 0.3) is 0 Å². The van der Waals surface area contributed by atoms with Gasteiger partial charge in [0, 0.05) is 12.1 Å². The van der Waals surface area contributed by atoms with Crippen LogP contribution in [0.3, 0.4) is 0 Å². The third kappa shape index (κ3) is 2.75. The van der Waals surface area contributed by atoms with E-state index < -0.39 is 28.2 Å². The molecule has 0 saturated carbocycles. The lowest BCUT2D eigenvalue weighted by atomic mass is 10.1. The first-order chi connectivity index (χ1) is 11.4. The Hall–Kier alpha value is -2.76. The number of aromatic amines is 1. The van der Waals surface area contributed by atoms with Crippen LogP contribution >= 0.6 is 0 Å². The second-order valence-electron chi connectivity index (χ2n) is 4.99. The van der Waals surface area contributed by atoms with Gasteiger partial charge in [0.2, 0.25) is 0 Å². The van der Waals surface area contributed by atoms with Gasteiger partial charge in [0.05, 0.1) is 28.4 Å². The lowest BCUT2D eigenvalue weighted by Crippen LogP contribution is -2.08. The molecule has 0 aliphatic heterocycles. The summed E-state index contributed by atoms with van der Waals surface area (Å²) >= 11 is -1.44. The molecule has 1 atom stereocenters. The number of fused-ring (bicyclic) bond motifs is 1. The monoisotopic (exact) mass is 345 g/mol. The van der Waals surface area contributed by atoms with Crippen molar-refractivity contribution in [1.82, 2.24) is 9.97 Å². The van der Waals surface area contributed by atoms with Crippen LogP contribution in [0.25, 0.3) is 22.2 Å². The molecule has 1 N–H and O–H groups in total. The Morgan fingerprint density at radius 3 is 2.71 bits per heavy atom. The van der Waals surface area contributed by atoms with E-state index in [1.54, 1.807) is 0 Å². The predicted molar refractivity (Wildman–Crippen MR) is 84.8 cm³/mol. The highest BCUT2D eigenvalue weighted by molar-refractivity contribution is 7.90. The van der Waals surface area contributed by atoms with Crippen molar-refractivity contribution < 1.29 is 13.3 Å². The summed E-state index contributed by atoms with van der Waals surface area (Å²) in [6.07, 6.45) is 2.70. The van der Waals surface area contributed by atoms with Crippen LogP contribution in [0, 0.1) is 23.0 Å². The molecule has 0 saturated heterocycles. The van der Waals surface area contributed by atoms with Crippen molar-refractivity contribution in [3.8, 4) is 17.3 Å². The Balaban J connectivity index is 2.35. The molecule has 1 aromatic carbocycles. The number of hydrogen-bond donors (Lipinski definition) is 1. The molecule has 0 fully saturated rings. The third-order valence-corrected chi connectivity index (χ3v) is 4.37. The molecule has 24 heavy (non-hydrogen) atoms. The summed E-state index contributed by atoms with van der Waals surface area (Å²) < 4.78 is 39.1. The van der Waals surface area contributed by atoms with Crippen molar-refractivity contribution in [3.05, 3.63) is 58.0 Å². The predicted octanol–water partition coefficient (Wildman–Crippen LogP) is 2.48. The third-order valence-electron chi connectivity index (χ3n) is 3.43. The topological polar surface area (TPSA) is 92.6 Å². The molecule has 2 heterocycles. The maximum absolute atomic E-state index is 13.8. The zero-order valence-corrected chi connectivity index (χ0v) is 13.1. The van der Waals surface area contributed by atoms with E-state index in [9.17, 15) is 18.1 Å². The molecule has 0 radical (unpaired) electrons. The highest BCUT2D eigenvalue weighted by atomic mass is 32.2. The van der Waals surface area contributed by atoms with Crippen molar-refractivity contribution in [2.45, 2.75) is 4.90 Å². The molecule has 8 heteroatoms. The highest BCUT2D eigenvalue weighted by Crippen LogP contribution is 2.27. The smallest absolute Gasteiger partial charge is 0.192 e. The average molecular weight is 345 g/mol. The zero-order valence-electron chi connectivity index (χ0n) is 12.3. The van der Waals surface area contributed by atoms with Gasteiger partial charge in [-0.15, -0.1) is 0 Å². The van der Waals surface area contributed by atoms with Crippen molar-refractivity contribution in [3.63, 3.8) is 0 Å². The van der Waals surface area contributed by atoms with Crippen LogP contribution in [0.1, 0.15) is 5.69 Å². The van der Waals surface area contributed by atoms with Crippen LogP contribution < -0.4 is 5.43 Å². The average Bonchev–Trinajstić information content (AvgIpc) is 2.52. The maximum atomic E-state index is 13.8. The summed E-state index contributed by atoms with van der Waals surface area (Å²) in [4.78, 5) is 19.1. The van der Waals surface area contributed by atoms with Crippen LogP contribution in [0.15, 0.2) is 40.2 Å². The normalized spacial score (nSPS) is 12.1. The minimum absolute atomic E-state index is 0.0295. The van der Waals surface area contributed by atoms with Gasteiger partial charge in [-0.3, -0.25) is 4.79 Å². The largest absolute Gasteiger partial charge is 0.612 e. The van der Waals surface area contributed by atoms with Gasteiger partial charge >= 0.3 is 0 Å². The van der Waals surface area contributed by atoms with E-state index in [1.807, 2.05) is 6.07 Å². The standard InChI is InChI=1S/C16H9F2N3O2S/c1-24(23)15-7-20-9(6-19)4-10(15)12-5-14(22)16-11(18)2-8(17)3-13(16)21-12/h2-5,7H,1H3,(H,21,22). The van der Waals surface area contributed by atoms with Gasteiger partial charge in [0.15, 0.2) is 10.3 Å². The number of H-pyrrole nitrogens is 1. The summed E-state index contributed by atoms with van der Waals surface area (Å²) in [7, 11) is 0. The van der Waals surface area contributed by atoms with Crippen LogP contribution in [0.5, 0.6) is 0 Å². The van der Waals surface area contributed by atoms with E-state index in [4.69, 9.17) is 5.26 Å². The number of nitriles is 1. The second kappa shape index (κ2) is 6.03. The Morgan fingerprint density at radius 2 is 2.04 bits per heavy atom.